The molecule has 0 aliphatic heterocycles. The van der Waals surface area contributed by atoms with E-state index in [0.29, 0.717) is 52.6 Å². The van der Waals surface area contributed by atoms with Crippen LogP contribution in [0.15, 0.2) is 0 Å². The predicted molar refractivity (Wildman–Crippen MR) is 391 cm³/mol. The number of hydrogen-bond acceptors (Lipinski definition) is 15. The Morgan fingerprint density at radius 1 is 0.202 bits per heavy atom. The molecule has 0 rings (SSSR count). The van der Waals surface area contributed by atoms with E-state index in [4.69, 9.17) is 37.9 Å². The number of hydrogen-bond donors (Lipinski definition) is 0. The zero-order chi connectivity index (χ0) is 68.2. The summed E-state index contributed by atoms with van der Waals surface area (Å²) in [5.41, 5.74) is 0. The first-order valence-electron chi connectivity index (χ1n) is 40.3. The first-order valence-corrected chi connectivity index (χ1v) is 40.3. The van der Waals surface area contributed by atoms with Crippen molar-refractivity contribution in [3.05, 3.63) is 0 Å². The maximum Gasteiger partial charge on any atom is 0.307 e. The van der Waals surface area contributed by atoms with E-state index >= 15 is 0 Å². The fourth-order valence-electron chi connectivity index (χ4n) is 11.6. The van der Waals surface area contributed by atoms with Crippen LogP contribution in [0.25, 0.3) is 0 Å². The molecule has 0 fully saturated rings. The number of esters is 4. The van der Waals surface area contributed by atoms with E-state index in [1.165, 1.54) is 180 Å². The Morgan fingerprint density at radius 2 is 0.372 bits per heavy atom. The summed E-state index contributed by atoms with van der Waals surface area (Å²) in [7, 11) is 2.12. The molecule has 15 nitrogen and oxygen atoms in total. The second kappa shape index (κ2) is 77.9. The van der Waals surface area contributed by atoms with Crippen molar-refractivity contribution in [3.63, 3.8) is 0 Å². The molecule has 0 unspecified atom stereocenters. The Bertz CT molecular complexity index is 1350. The van der Waals surface area contributed by atoms with Crippen molar-refractivity contribution in [3.8, 4) is 0 Å². The van der Waals surface area contributed by atoms with Crippen molar-refractivity contribution in [2.75, 3.05) is 139 Å². The molecule has 0 spiro atoms. The van der Waals surface area contributed by atoms with Crippen LogP contribution in [0.5, 0.6) is 0 Å². The Morgan fingerprint density at radius 3 is 0.574 bits per heavy atom. The second-order valence-electron chi connectivity index (χ2n) is 27.2. The van der Waals surface area contributed by atoms with Crippen LogP contribution in [0, 0.1) is 0 Å². The SMILES string of the molecule is CCCCCCCCCCOCCCCCOC(=O)CCN(CCCN(C)CCCN(CCC(=O)OCCCCCOCCCCCCCCCC)CCC(=O)OCCCCCOCCCCCCCCCC)CCC(=O)OCCCCCOCCCCCCCCCC. The molecule has 0 aromatic carbocycles. The molecule has 0 amide bonds. The molecule has 0 aliphatic carbocycles. The van der Waals surface area contributed by atoms with Gasteiger partial charge in [-0.2, -0.15) is 0 Å². The fraction of sp³-hybridized carbons (Fsp3) is 0.949. The first kappa shape index (κ1) is 91.6. The average molecular weight is 1340 g/mol. The summed E-state index contributed by atoms with van der Waals surface area (Å²) in [6, 6.07) is 0. The number of nitrogens with zero attached hydrogens (tertiary/aromatic N) is 3. The van der Waals surface area contributed by atoms with E-state index in [1.807, 2.05) is 0 Å². The molecular formula is C79H155N3O12. The minimum Gasteiger partial charge on any atom is -0.466 e. The molecular weight excluding hydrogens is 1180 g/mol. The topological polar surface area (TPSA) is 152 Å². The molecule has 0 aliphatic rings. The van der Waals surface area contributed by atoms with Crippen LogP contribution in [-0.4, -0.2) is 177 Å². The van der Waals surface area contributed by atoms with Crippen LogP contribution >= 0.6 is 0 Å². The standard InChI is InChI=1S/C79H155N3O12/c1-6-10-14-18-22-26-30-38-64-87-68-42-34-46-72-91-76(83)52-60-81(61-53-77(84)92-73-47-35-43-69-88-65-39-31-27-23-19-15-11-7-2)58-50-56-80(5)57-51-59-82(62-54-78(85)93-74-48-36-44-70-89-66-40-32-28-24-20-16-12-8-3)63-55-79(86)94-75-49-37-45-71-90-67-41-33-29-25-21-17-13-9-4/h6-75H2,1-5H3. The summed E-state index contributed by atoms with van der Waals surface area (Å²) in [5, 5.41) is 0. The molecule has 0 saturated heterocycles. The molecule has 558 valence electrons. The molecule has 0 N–H and O–H groups in total. The van der Waals surface area contributed by atoms with Gasteiger partial charge in [0.05, 0.1) is 52.1 Å². The van der Waals surface area contributed by atoms with Crippen LogP contribution in [0.1, 0.15) is 349 Å². The lowest BCUT2D eigenvalue weighted by atomic mass is 10.1. The molecule has 0 radical (unpaired) electrons. The summed E-state index contributed by atoms with van der Waals surface area (Å²) in [6.07, 6.45) is 55.4. The molecule has 0 bridgehead atoms. The Balaban J connectivity index is 5.09. The summed E-state index contributed by atoms with van der Waals surface area (Å²) in [6.45, 7) is 22.3. The Labute approximate surface area is 580 Å². The first-order chi connectivity index (χ1) is 46.2. The van der Waals surface area contributed by atoms with E-state index in [9.17, 15) is 19.2 Å². The van der Waals surface area contributed by atoms with E-state index < -0.39 is 0 Å². The smallest absolute Gasteiger partial charge is 0.307 e. The van der Waals surface area contributed by atoms with Crippen molar-refractivity contribution in [1.29, 1.82) is 0 Å². The number of rotatable bonds is 80. The maximum atomic E-state index is 13.0. The lowest BCUT2D eigenvalue weighted by molar-refractivity contribution is -0.146. The van der Waals surface area contributed by atoms with Crippen molar-refractivity contribution >= 4 is 23.9 Å². The van der Waals surface area contributed by atoms with Gasteiger partial charge in [-0.05, 0) is 149 Å². The molecule has 94 heavy (non-hydrogen) atoms. The van der Waals surface area contributed by atoms with Crippen LogP contribution < -0.4 is 0 Å². The largest absolute Gasteiger partial charge is 0.466 e. The van der Waals surface area contributed by atoms with Crippen molar-refractivity contribution in [1.82, 2.24) is 14.7 Å². The van der Waals surface area contributed by atoms with Gasteiger partial charge >= 0.3 is 23.9 Å². The summed E-state index contributed by atoms with van der Waals surface area (Å²) in [5.74, 6) is -0.816. The van der Waals surface area contributed by atoms with Gasteiger partial charge in [-0.25, -0.2) is 0 Å². The molecule has 0 atom stereocenters. The molecule has 0 saturated carbocycles. The Hall–Kier alpha value is -2.40. The normalized spacial score (nSPS) is 11.7. The summed E-state index contributed by atoms with van der Waals surface area (Å²) in [4.78, 5) is 58.6. The third-order valence-electron chi connectivity index (χ3n) is 17.9. The van der Waals surface area contributed by atoms with Gasteiger partial charge < -0.3 is 52.6 Å². The van der Waals surface area contributed by atoms with E-state index in [-0.39, 0.29) is 49.6 Å². The van der Waals surface area contributed by atoms with Crippen molar-refractivity contribution < 1.29 is 57.1 Å². The number of ether oxygens (including phenoxy) is 8. The molecule has 0 aromatic heterocycles. The van der Waals surface area contributed by atoms with Gasteiger partial charge in [0.15, 0.2) is 0 Å². The fourth-order valence-corrected chi connectivity index (χ4v) is 11.6. The highest BCUT2D eigenvalue weighted by Gasteiger charge is 2.16. The maximum absolute atomic E-state index is 13.0. The third-order valence-corrected chi connectivity index (χ3v) is 17.9. The molecule has 0 heterocycles. The zero-order valence-electron chi connectivity index (χ0n) is 62.7. The zero-order valence-corrected chi connectivity index (χ0v) is 62.7. The van der Waals surface area contributed by atoms with E-state index in [0.717, 1.165) is 195 Å². The van der Waals surface area contributed by atoms with Gasteiger partial charge in [-0.1, -0.05) is 207 Å². The van der Waals surface area contributed by atoms with Gasteiger partial charge in [0.1, 0.15) is 0 Å². The molecule has 15 heteroatoms. The Kier molecular flexibility index (Phi) is 76.0. The monoisotopic (exact) mass is 1340 g/mol. The van der Waals surface area contributed by atoms with Crippen molar-refractivity contribution in [2.24, 2.45) is 0 Å². The highest BCUT2D eigenvalue weighted by molar-refractivity contribution is 5.71. The minimum atomic E-state index is -0.204. The number of carbonyl (C=O) groups excluding carboxylic acids is 4. The van der Waals surface area contributed by atoms with Crippen LogP contribution in [-0.2, 0) is 57.1 Å². The summed E-state index contributed by atoms with van der Waals surface area (Å²) >= 11 is 0. The van der Waals surface area contributed by atoms with Gasteiger partial charge in [0.25, 0.3) is 0 Å². The van der Waals surface area contributed by atoms with Gasteiger partial charge in [-0.3, -0.25) is 19.2 Å². The third kappa shape index (κ3) is 73.8. The summed E-state index contributed by atoms with van der Waals surface area (Å²) < 4.78 is 46.1. The quantitative estimate of drug-likeness (QED) is 0.0322. The van der Waals surface area contributed by atoms with Crippen LogP contribution in [0.3, 0.4) is 0 Å². The van der Waals surface area contributed by atoms with Gasteiger partial charge in [-0.15, -0.1) is 0 Å². The lowest BCUT2D eigenvalue weighted by Gasteiger charge is -2.25. The molecule has 0 aromatic rings. The minimum absolute atomic E-state index is 0.204. The number of carbonyl (C=O) groups is 4. The van der Waals surface area contributed by atoms with E-state index in [1.54, 1.807) is 0 Å². The highest BCUT2D eigenvalue weighted by atomic mass is 16.5. The highest BCUT2D eigenvalue weighted by Crippen LogP contribution is 2.14. The lowest BCUT2D eigenvalue weighted by Crippen LogP contribution is -2.34. The van der Waals surface area contributed by atoms with Crippen LogP contribution in [0.4, 0.5) is 0 Å². The van der Waals surface area contributed by atoms with Crippen molar-refractivity contribution in [2.45, 2.75) is 349 Å². The second-order valence-corrected chi connectivity index (χ2v) is 27.2. The average Bonchev–Trinajstić information content (AvgIpc) is 3.62. The predicted octanol–water partition coefficient (Wildman–Crippen LogP) is 19.3. The van der Waals surface area contributed by atoms with Gasteiger partial charge in [0, 0.05) is 79.0 Å². The van der Waals surface area contributed by atoms with Crippen LogP contribution in [0.2, 0.25) is 0 Å². The van der Waals surface area contributed by atoms with E-state index in [2.05, 4.69) is 49.4 Å². The number of unbranched alkanes of at least 4 members (excludes halogenated alkanes) is 36. The van der Waals surface area contributed by atoms with Gasteiger partial charge in [0.2, 0.25) is 0 Å².